The molecule has 27 heavy (non-hydrogen) atoms. The van der Waals surface area contributed by atoms with Crippen molar-refractivity contribution in [1.29, 1.82) is 0 Å². The molecule has 0 aliphatic heterocycles. The third-order valence-electron chi connectivity index (χ3n) is 4.64. The van der Waals surface area contributed by atoms with Crippen molar-refractivity contribution >= 4 is 39.0 Å². The maximum absolute atomic E-state index is 12.4. The van der Waals surface area contributed by atoms with Crippen LogP contribution in [0.5, 0.6) is 0 Å². The lowest BCUT2D eigenvalue weighted by Crippen LogP contribution is -2.47. The van der Waals surface area contributed by atoms with Gasteiger partial charge in [-0.3, -0.25) is 4.79 Å². The van der Waals surface area contributed by atoms with Gasteiger partial charge < -0.3 is 0 Å². The van der Waals surface area contributed by atoms with E-state index >= 15 is 0 Å². The summed E-state index contributed by atoms with van der Waals surface area (Å²) < 4.78 is 24.8. The van der Waals surface area contributed by atoms with Crippen LogP contribution in [0.25, 0.3) is 0 Å². The molecule has 8 heteroatoms. The van der Waals surface area contributed by atoms with Crippen LogP contribution in [-0.2, 0) is 14.8 Å². The van der Waals surface area contributed by atoms with E-state index in [0.717, 1.165) is 11.1 Å². The summed E-state index contributed by atoms with van der Waals surface area (Å²) in [4.78, 5) is 14.8. The number of rotatable bonds is 5. The maximum atomic E-state index is 12.4. The number of hydrogen-bond acceptors (Lipinski definition) is 4. The number of halogens is 2. The largest absolute Gasteiger partial charge is 0.300 e. The third kappa shape index (κ3) is 5.09. The van der Waals surface area contributed by atoms with Gasteiger partial charge in [-0.25, -0.2) is 13.8 Å². The maximum Gasteiger partial charge on any atom is 0.253 e. The molecule has 0 bridgehead atoms. The number of aryl methyl sites for hydroxylation is 1. The first-order valence-corrected chi connectivity index (χ1v) is 10.8. The predicted octanol–water partition coefficient (Wildman–Crippen LogP) is 3.99. The number of carbonyl (C=O) groups is 1. The molecule has 144 valence electrons. The van der Waals surface area contributed by atoms with Crippen LogP contribution in [0.1, 0.15) is 36.3 Å². The lowest BCUT2D eigenvalue weighted by molar-refractivity contribution is -0.121. The van der Waals surface area contributed by atoms with Crippen molar-refractivity contribution in [2.24, 2.45) is 0 Å². The number of benzene rings is 2. The highest BCUT2D eigenvalue weighted by Gasteiger charge is 2.30. The predicted molar refractivity (Wildman–Crippen MR) is 106 cm³/mol. The average Bonchev–Trinajstić information content (AvgIpc) is 2.62. The SMILES string of the molecule is Cc1ccc(S(=O)(=O)NNC2CC(=O)CC(c3cc(Cl)ccc3Cl)C2)cc1. The molecule has 0 heterocycles. The van der Waals surface area contributed by atoms with Crippen LogP contribution in [0.4, 0.5) is 0 Å². The van der Waals surface area contributed by atoms with Gasteiger partial charge in [0.2, 0.25) is 0 Å². The zero-order chi connectivity index (χ0) is 19.6. The molecule has 0 aromatic heterocycles. The van der Waals surface area contributed by atoms with Crippen LogP contribution >= 0.6 is 23.2 Å². The van der Waals surface area contributed by atoms with Crippen molar-refractivity contribution in [1.82, 2.24) is 10.3 Å². The lowest BCUT2D eigenvalue weighted by Gasteiger charge is -2.30. The van der Waals surface area contributed by atoms with Crippen LogP contribution in [0.3, 0.4) is 0 Å². The molecule has 1 fully saturated rings. The molecule has 1 aliphatic carbocycles. The fraction of sp³-hybridized carbons (Fsp3) is 0.316. The monoisotopic (exact) mass is 426 g/mol. The van der Waals surface area contributed by atoms with Gasteiger partial charge in [-0.05, 0) is 55.2 Å². The molecule has 2 N–H and O–H groups in total. The summed E-state index contributed by atoms with van der Waals surface area (Å²) in [6.45, 7) is 1.89. The summed E-state index contributed by atoms with van der Waals surface area (Å²) in [5.41, 5.74) is 4.59. The number of nitrogens with one attached hydrogen (secondary N) is 2. The molecule has 0 radical (unpaired) electrons. The zero-order valence-corrected chi connectivity index (χ0v) is 17.0. The molecule has 2 unspecified atom stereocenters. The molecular weight excluding hydrogens is 407 g/mol. The highest BCUT2D eigenvalue weighted by molar-refractivity contribution is 7.89. The molecule has 2 aromatic rings. The molecule has 5 nitrogen and oxygen atoms in total. The van der Waals surface area contributed by atoms with Crippen LogP contribution in [-0.4, -0.2) is 20.2 Å². The van der Waals surface area contributed by atoms with Gasteiger partial charge in [-0.15, -0.1) is 4.83 Å². The van der Waals surface area contributed by atoms with Gasteiger partial charge >= 0.3 is 0 Å². The molecule has 1 aliphatic rings. The molecule has 3 rings (SSSR count). The molecule has 2 aromatic carbocycles. The van der Waals surface area contributed by atoms with E-state index in [4.69, 9.17) is 23.2 Å². The molecule has 0 saturated heterocycles. The Labute approximate surface area is 169 Å². The van der Waals surface area contributed by atoms with E-state index < -0.39 is 10.0 Å². The Hall–Kier alpha value is -1.44. The first-order chi connectivity index (χ1) is 12.7. The zero-order valence-electron chi connectivity index (χ0n) is 14.7. The number of ketones is 1. The highest BCUT2D eigenvalue weighted by atomic mass is 35.5. The van der Waals surface area contributed by atoms with Crippen LogP contribution < -0.4 is 10.3 Å². The van der Waals surface area contributed by atoms with Crippen molar-refractivity contribution in [3.63, 3.8) is 0 Å². The van der Waals surface area contributed by atoms with Crippen molar-refractivity contribution in [2.45, 2.75) is 43.0 Å². The fourth-order valence-electron chi connectivity index (χ4n) is 3.25. The summed E-state index contributed by atoms with van der Waals surface area (Å²) in [7, 11) is -3.71. The van der Waals surface area contributed by atoms with Gasteiger partial charge in [0.05, 0.1) is 4.90 Å². The third-order valence-corrected chi connectivity index (χ3v) is 6.50. The van der Waals surface area contributed by atoms with E-state index in [9.17, 15) is 13.2 Å². The van der Waals surface area contributed by atoms with Crippen molar-refractivity contribution in [2.75, 3.05) is 0 Å². The number of hydrazine groups is 1. The van der Waals surface area contributed by atoms with Gasteiger partial charge in [0.1, 0.15) is 5.78 Å². The van der Waals surface area contributed by atoms with E-state index in [2.05, 4.69) is 10.3 Å². The van der Waals surface area contributed by atoms with E-state index in [0.29, 0.717) is 22.9 Å². The number of carbonyl (C=O) groups excluding carboxylic acids is 1. The Morgan fingerprint density at radius 1 is 1.04 bits per heavy atom. The lowest BCUT2D eigenvalue weighted by atomic mass is 9.81. The molecule has 2 atom stereocenters. The van der Waals surface area contributed by atoms with Crippen LogP contribution in [0.2, 0.25) is 10.0 Å². The summed E-state index contributed by atoms with van der Waals surface area (Å²) in [6.07, 6.45) is 1.19. The Kier molecular flexibility index (Phi) is 6.23. The van der Waals surface area contributed by atoms with E-state index in [1.54, 1.807) is 42.5 Å². The first-order valence-electron chi connectivity index (χ1n) is 8.55. The molecule has 1 saturated carbocycles. The van der Waals surface area contributed by atoms with Crippen molar-refractivity contribution < 1.29 is 13.2 Å². The fourth-order valence-corrected chi connectivity index (χ4v) is 4.64. The van der Waals surface area contributed by atoms with E-state index in [-0.39, 0.29) is 29.1 Å². The second-order valence-corrected chi connectivity index (χ2v) is 9.33. The average molecular weight is 427 g/mol. The van der Waals surface area contributed by atoms with Crippen molar-refractivity contribution in [3.05, 3.63) is 63.6 Å². The minimum absolute atomic E-state index is 0.0503. The van der Waals surface area contributed by atoms with Crippen LogP contribution in [0.15, 0.2) is 47.4 Å². The van der Waals surface area contributed by atoms with Crippen LogP contribution in [0, 0.1) is 6.92 Å². The standard InChI is InChI=1S/C19H20Cl2N2O3S/c1-12-2-5-17(6-3-12)27(25,26)23-22-15-8-13(9-16(24)11-15)18-10-14(20)4-7-19(18)21/h2-7,10,13,15,22-23H,8-9,11H2,1H3. The second kappa shape index (κ2) is 8.29. The van der Waals surface area contributed by atoms with Crippen molar-refractivity contribution in [3.8, 4) is 0 Å². The summed E-state index contributed by atoms with van der Waals surface area (Å²) in [5, 5.41) is 1.11. The van der Waals surface area contributed by atoms with Gasteiger partial charge in [0, 0.05) is 28.9 Å². The Bertz CT molecular complexity index is 946. The Morgan fingerprint density at radius 3 is 2.44 bits per heavy atom. The van der Waals surface area contributed by atoms with Gasteiger partial charge in [0.15, 0.2) is 0 Å². The normalized spacial score (nSPS) is 20.6. The Morgan fingerprint density at radius 2 is 1.74 bits per heavy atom. The summed E-state index contributed by atoms with van der Waals surface area (Å²) in [6, 6.07) is 11.4. The first kappa shape index (κ1) is 20.3. The summed E-state index contributed by atoms with van der Waals surface area (Å²) >= 11 is 12.3. The van der Waals surface area contributed by atoms with Gasteiger partial charge in [-0.1, -0.05) is 40.9 Å². The quantitative estimate of drug-likeness (QED) is 0.708. The minimum Gasteiger partial charge on any atom is -0.300 e. The minimum atomic E-state index is -3.71. The number of sulfonamides is 1. The topological polar surface area (TPSA) is 75.3 Å². The van der Waals surface area contributed by atoms with E-state index in [1.165, 1.54) is 0 Å². The van der Waals surface area contributed by atoms with Gasteiger partial charge in [-0.2, -0.15) is 0 Å². The van der Waals surface area contributed by atoms with Gasteiger partial charge in [0.25, 0.3) is 10.0 Å². The highest BCUT2D eigenvalue weighted by Crippen LogP contribution is 2.36. The number of Topliss-reactive ketones (excluding diaryl/α,β-unsaturated/α-hetero) is 1. The smallest absolute Gasteiger partial charge is 0.253 e. The number of hydrogen-bond donors (Lipinski definition) is 2. The molecular formula is C19H20Cl2N2O3S. The van der Waals surface area contributed by atoms with E-state index in [1.807, 2.05) is 6.92 Å². The molecule has 0 spiro atoms. The summed E-state index contributed by atoms with van der Waals surface area (Å²) in [5.74, 6) is -0.0619. The molecule has 0 amide bonds. The second-order valence-electron chi connectivity index (χ2n) is 6.81. The Balaban J connectivity index is 1.70.